The molecule has 3 aromatic carbocycles. The number of aromatic nitrogens is 1. The van der Waals surface area contributed by atoms with Crippen LogP contribution in [-0.2, 0) is 0 Å². The predicted molar refractivity (Wildman–Crippen MR) is 144 cm³/mol. The smallest absolute Gasteiger partial charge is 0.293 e. The molecule has 0 radical (unpaired) electrons. The lowest BCUT2D eigenvalue weighted by atomic mass is 10.1. The Hall–Kier alpha value is -3.85. The largest absolute Gasteiger partial charge is 0.507 e. The number of halogens is 2. The van der Waals surface area contributed by atoms with E-state index in [1.165, 1.54) is 6.07 Å². The molecule has 2 aromatic heterocycles. The zero-order chi connectivity index (χ0) is 25.4. The molecule has 1 amide bonds. The van der Waals surface area contributed by atoms with Crippen LogP contribution < -0.4 is 10.6 Å². The third kappa shape index (κ3) is 4.79. The van der Waals surface area contributed by atoms with Gasteiger partial charge in [0.05, 0.1) is 10.6 Å². The van der Waals surface area contributed by atoms with Crippen molar-refractivity contribution in [2.45, 2.75) is 6.92 Å². The number of anilines is 1. The van der Waals surface area contributed by atoms with Gasteiger partial charge < -0.3 is 19.3 Å². The molecule has 10 heteroatoms. The number of oxazole rings is 1. The molecular formula is C26H17Cl2N3O4S. The van der Waals surface area contributed by atoms with Crippen molar-refractivity contribution >= 4 is 63.2 Å². The SMILES string of the molecule is Cc1cc(NC(=S)NC(=O)c2ccc(-c3cc(Cl)ccc3Cl)o2)cc(-c2nc3ccccc3o2)c1O. The molecule has 0 fully saturated rings. The van der Waals surface area contributed by atoms with Crippen LogP contribution in [0.4, 0.5) is 5.69 Å². The number of hydrogen-bond acceptors (Lipinski definition) is 6. The molecule has 3 N–H and O–H groups in total. The monoisotopic (exact) mass is 537 g/mol. The van der Waals surface area contributed by atoms with Gasteiger partial charge in [0.25, 0.3) is 5.91 Å². The average Bonchev–Trinajstić information content (AvgIpc) is 3.50. The molecule has 0 aliphatic heterocycles. The lowest BCUT2D eigenvalue weighted by molar-refractivity contribution is 0.0951. The molecule has 7 nitrogen and oxygen atoms in total. The highest BCUT2D eigenvalue weighted by Crippen LogP contribution is 2.36. The fraction of sp³-hybridized carbons (Fsp3) is 0.0385. The number of phenolic OH excluding ortho intramolecular Hbond substituents is 1. The number of fused-ring (bicyclic) bond motifs is 1. The zero-order valence-corrected chi connectivity index (χ0v) is 21.0. The number of benzene rings is 3. The molecule has 0 unspecified atom stereocenters. The van der Waals surface area contributed by atoms with Gasteiger partial charge in [0.15, 0.2) is 16.5 Å². The number of amides is 1. The number of carbonyl (C=O) groups excluding carboxylic acids is 1. The van der Waals surface area contributed by atoms with Crippen LogP contribution in [0.2, 0.25) is 10.0 Å². The van der Waals surface area contributed by atoms with Crippen molar-refractivity contribution in [3.8, 4) is 28.5 Å². The van der Waals surface area contributed by atoms with Crippen LogP contribution in [-0.4, -0.2) is 21.1 Å². The minimum atomic E-state index is -0.549. The Kier molecular flexibility index (Phi) is 6.40. The van der Waals surface area contributed by atoms with Gasteiger partial charge in [0.1, 0.15) is 17.0 Å². The topological polar surface area (TPSA) is 101 Å². The van der Waals surface area contributed by atoms with Crippen LogP contribution in [0.1, 0.15) is 16.1 Å². The van der Waals surface area contributed by atoms with Crippen molar-refractivity contribution in [1.29, 1.82) is 0 Å². The van der Waals surface area contributed by atoms with Crippen molar-refractivity contribution in [2.75, 3.05) is 5.32 Å². The second kappa shape index (κ2) is 9.66. The lowest BCUT2D eigenvalue weighted by Crippen LogP contribution is -2.33. The second-order valence-corrected chi connectivity index (χ2v) is 9.12. The van der Waals surface area contributed by atoms with Crippen LogP contribution in [0.5, 0.6) is 5.75 Å². The third-order valence-corrected chi connectivity index (χ3v) is 6.10. The molecule has 0 atom stereocenters. The first-order chi connectivity index (χ1) is 17.3. The van der Waals surface area contributed by atoms with Crippen LogP contribution in [0.3, 0.4) is 0 Å². The fourth-order valence-electron chi connectivity index (χ4n) is 3.62. The van der Waals surface area contributed by atoms with E-state index in [0.717, 1.165) is 0 Å². The van der Waals surface area contributed by atoms with Crippen LogP contribution >= 0.6 is 35.4 Å². The van der Waals surface area contributed by atoms with Gasteiger partial charge >= 0.3 is 0 Å². The number of para-hydroxylation sites is 2. The summed E-state index contributed by atoms with van der Waals surface area (Å²) in [6.07, 6.45) is 0. The number of rotatable bonds is 4. The predicted octanol–water partition coefficient (Wildman–Crippen LogP) is 7.20. The number of carbonyl (C=O) groups is 1. The summed E-state index contributed by atoms with van der Waals surface area (Å²) in [6, 6.07) is 18.7. The first kappa shape index (κ1) is 23.9. The van der Waals surface area contributed by atoms with Crippen molar-refractivity contribution in [1.82, 2.24) is 10.3 Å². The maximum absolute atomic E-state index is 12.7. The standard InChI is InChI=1S/C26H17Cl2N3O4S/c1-13-10-15(12-17(23(13)32)25-30-19-4-2-3-5-21(19)35-25)29-26(36)31-24(33)22-9-8-20(34-22)16-11-14(27)6-7-18(16)28/h2-12,32H,1H3,(H2,29,31,33,36). The average molecular weight is 538 g/mol. The quantitative estimate of drug-likeness (QED) is 0.164. The summed E-state index contributed by atoms with van der Waals surface area (Å²) in [5, 5.41) is 17.1. The summed E-state index contributed by atoms with van der Waals surface area (Å²) in [6.45, 7) is 1.74. The molecule has 180 valence electrons. The Morgan fingerprint density at radius 2 is 1.81 bits per heavy atom. The maximum Gasteiger partial charge on any atom is 0.293 e. The highest BCUT2D eigenvalue weighted by atomic mass is 35.5. The number of hydrogen-bond donors (Lipinski definition) is 3. The Labute approximate surface area is 220 Å². The van der Waals surface area contributed by atoms with Gasteiger partial charge in [-0.05, 0) is 79.3 Å². The van der Waals surface area contributed by atoms with Crippen molar-refractivity contribution < 1.29 is 18.7 Å². The van der Waals surface area contributed by atoms with Crippen molar-refractivity contribution in [3.63, 3.8) is 0 Å². The summed E-state index contributed by atoms with van der Waals surface area (Å²) in [4.78, 5) is 17.1. The molecule has 36 heavy (non-hydrogen) atoms. The summed E-state index contributed by atoms with van der Waals surface area (Å²) in [5.41, 5.74) is 3.32. The van der Waals surface area contributed by atoms with Crippen LogP contribution in [0.25, 0.3) is 33.9 Å². The van der Waals surface area contributed by atoms with E-state index in [1.807, 2.05) is 18.2 Å². The summed E-state index contributed by atoms with van der Waals surface area (Å²) < 4.78 is 11.5. The number of nitrogens with zero attached hydrogens (tertiary/aromatic N) is 1. The Balaban J connectivity index is 1.33. The van der Waals surface area contributed by atoms with E-state index in [9.17, 15) is 9.90 Å². The minimum Gasteiger partial charge on any atom is -0.507 e. The first-order valence-corrected chi connectivity index (χ1v) is 11.8. The first-order valence-electron chi connectivity index (χ1n) is 10.7. The Morgan fingerprint density at radius 3 is 2.61 bits per heavy atom. The van der Waals surface area contributed by atoms with Gasteiger partial charge in [-0.3, -0.25) is 10.1 Å². The van der Waals surface area contributed by atoms with Gasteiger partial charge in [-0.1, -0.05) is 35.3 Å². The van der Waals surface area contributed by atoms with Crippen LogP contribution in [0.15, 0.2) is 75.6 Å². The van der Waals surface area contributed by atoms with Crippen molar-refractivity contribution in [3.05, 3.63) is 88.1 Å². The number of aryl methyl sites for hydroxylation is 1. The van der Waals surface area contributed by atoms with Gasteiger partial charge in [-0.25, -0.2) is 4.98 Å². The maximum atomic E-state index is 12.7. The molecular weight excluding hydrogens is 521 g/mol. The molecule has 0 spiro atoms. The third-order valence-electron chi connectivity index (χ3n) is 5.33. The number of aromatic hydroxyl groups is 1. The van der Waals surface area contributed by atoms with Gasteiger partial charge in [-0.15, -0.1) is 0 Å². The Bertz CT molecular complexity index is 1610. The lowest BCUT2D eigenvalue weighted by Gasteiger charge is -2.12. The summed E-state index contributed by atoms with van der Waals surface area (Å²) in [5.74, 6) is 0.178. The number of furan rings is 1. The summed E-state index contributed by atoms with van der Waals surface area (Å²) >= 11 is 17.6. The minimum absolute atomic E-state index is 0.0323. The number of nitrogens with one attached hydrogen (secondary N) is 2. The van der Waals surface area contributed by atoms with E-state index < -0.39 is 5.91 Å². The summed E-state index contributed by atoms with van der Waals surface area (Å²) in [7, 11) is 0. The normalized spacial score (nSPS) is 11.0. The second-order valence-electron chi connectivity index (χ2n) is 7.87. The highest BCUT2D eigenvalue weighted by molar-refractivity contribution is 7.80. The Morgan fingerprint density at radius 1 is 1.00 bits per heavy atom. The van der Waals surface area contributed by atoms with Gasteiger partial charge in [0, 0.05) is 16.3 Å². The van der Waals surface area contributed by atoms with E-state index in [1.54, 1.807) is 49.4 Å². The van der Waals surface area contributed by atoms with E-state index in [2.05, 4.69) is 15.6 Å². The van der Waals surface area contributed by atoms with Gasteiger partial charge in [-0.2, -0.15) is 0 Å². The highest BCUT2D eigenvalue weighted by Gasteiger charge is 2.18. The molecule has 5 rings (SSSR count). The van der Waals surface area contributed by atoms with E-state index >= 15 is 0 Å². The molecule has 0 bridgehead atoms. The number of phenols is 1. The van der Waals surface area contributed by atoms with Crippen LogP contribution in [0, 0.1) is 6.92 Å². The fourth-order valence-corrected chi connectivity index (χ4v) is 4.21. The van der Waals surface area contributed by atoms with Gasteiger partial charge in [0.2, 0.25) is 5.89 Å². The van der Waals surface area contributed by atoms with E-state index in [-0.39, 0.29) is 22.5 Å². The molecule has 0 saturated heterocycles. The van der Waals surface area contributed by atoms with E-state index in [0.29, 0.717) is 49.3 Å². The zero-order valence-electron chi connectivity index (χ0n) is 18.6. The molecule has 2 heterocycles. The number of thiocarbonyl (C=S) groups is 1. The van der Waals surface area contributed by atoms with E-state index in [4.69, 9.17) is 44.3 Å². The molecule has 5 aromatic rings. The molecule has 0 aliphatic carbocycles. The molecule has 0 aliphatic rings. The molecule has 0 saturated carbocycles. The van der Waals surface area contributed by atoms with Crippen molar-refractivity contribution in [2.24, 2.45) is 0 Å².